The highest BCUT2D eigenvalue weighted by atomic mass is 16.1. The van der Waals surface area contributed by atoms with Crippen molar-refractivity contribution in [1.82, 2.24) is 9.97 Å². The van der Waals surface area contributed by atoms with Crippen LogP contribution in [-0.2, 0) is 6.54 Å². The largest absolute Gasteiger partial charge is 0.372 e. The van der Waals surface area contributed by atoms with Crippen molar-refractivity contribution in [2.24, 2.45) is 0 Å². The predicted octanol–water partition coefficient (Wildman–Crippen LogP) is 4.50. The number of aromatic nitrogens is 2. The van der Waals surface area contributed by atoms with Crippen LogP contribution in [-0.4, -0.2) is 29.0 Å². The monoisotopic (exact) mass is 389 g/mol. The topological polar surface area (TPSA) is 70.2 Å². The highest BCUT2D eigenvalue weighted by molar-refractivity contribution is 6.02. The molecule has 1 amide bonds. The van der Waals surface area contributed by atoms with E-state index in [1.807, 2.05) is 36.4 Å². The van der Waals surface area contributed by atoms with Crippen LogP contribution in [0.4, 0.5) is 17.2 Å². The predicted molar refractivity (Wildman–Crippen MR) is 118 cm³/mol. The molecule has 6 nitrogen and oxygen atoms in total. The molecule has 0 saturated carbocycles. The molecule has 0 aliphatic carbocycles. The average Bonchev–Trinajstić information content (AvgIpc) is 2.75. The molecule has 2 aromatic carbocycles. The summed E-state index contributed by atoms with van der Waals surface area (Å²) in [6, 6.07) is 16.0. The molecule has 29 heavy (non-hydrogen) atoms. The third-order valence-corrected chi connectivity index (χ3v) is 4.86. The van der Waals surface area contributed by atoms with Crippen LogP contribution in [0, 0.1) is 6.92 Å². The number of anilines is 3. The van der Waals surface area contributed by atoms with Gasteiger partial charge in [-0.3, -0.25) is 4.79 Å². The van der Waals surface area contributed by atoms with Crippen LogP contribution in [0.3, 0.4) is 0 Å². The lowest BCUT2D eigenvalue weighted by Crippen LogP contribution is -2.21. The number of carbonyl (C=O) groups excluding carboxylic acids is 1. The Balaban J connectivity index is 1.58. The van der Waals surface area contributed by atoms with E-state index in [9.17, 15) is 4.79 Å². The van der Waals surface area contributed by atoms with Gasteiger partial charge in [-0.15, -0.1) is 0 Å². The van der Waals surface area contributed by atoms with E-state index in [0.29, 0.717) is 12.4 Å². The average molecular weight is 390 g/mol. The lowest BCUT2D eigenvalue weighted by molar-refractivity contribution is 0.102. The fourth-order valence-electron chi connectivity index (χ4n) is 3.07. The number of amides is 1. The van der Waals surface area contributed by atoms with Crippen LogP contribution < -0.4 is 15.5 Å². The zero-order valence-electron chi connectivity index (χ0n) is 17.1. The van der Waals surface area contributed by atoms with Crippen LogP contribution >= 0.6 is 0 Å². The van der Waals surface area contributed by atoms with Crippen LogP contribution in [0.2, 0.25) is 0 Å². The van der Waals surface area contributed by atoms with Crippen LogP contribution in [0.1, 0.15) is 35.5 Å². The van der Waals surface area contributed by atoms with Gasteiger partial charge in [0.25, 0.3) is 5.91 Å². The Morgan fingerprint density at radius 2 is 1.69 bits per heavy atom. The summed E-state index contributed by atoms with van der Waals surface area (Å²) in [6.07, 6.45) is 3.07. The second kappa shape index (κ2) is 9.68. The molecule has 0 fully saturated rings. The SMILES string of the molecule is CCN(CC)c1ccc(NC(=O)c2cnc(NCc3ccccc3C)cn2)cc1. The Kier molecular flexibility index (Phi) is 6.79. The first-order valence-electron chi connectivity index (χ1n) is 9.87. The van der Waals surface area contributed by atoms with Crippen LogP contribution in [0.25, 0.3) is 0 Å². The Morgan fingerprint density at radius 1 is 0.966 bits per heavy atom. The van der Waals surface area contributed by atoms with Crippen molar-refractivity contribution in [2.45, 2.75) is 27.3 Å². The number of benzene rings is 2. The number of rotatable bonds is 8. The summed E-state index contributed by atoms with van der Waals surface area (Å²) < 4.78 is 0. The fraction of sp³-hybridized carbons (Fsp3) is 0.261. The van der Waals surface area contributed by atoms with Crippen LogP contribution in [0.5, 0.6) is 0 Å². The highest BCUT2D eigenvalue weighted by Gasteiger charge is 2.09. The molecule has 1 heterocycles. The number of hydrogen-bond acceptors (Lipinski definition) is 5. The molecule has 6 heteroatoms. The van der Waals surface area contributed by atoms with E-state index in [4.69, 9.17) is 0 Å². The standard InChI is InChI=1S/C23H27N5O/c1-4-28(5-2)20-12-10-19(11-13-20)27-23(29)21-15-26-22(16-24-21)25-14-18-9-7-6-8-17(18)3/h6-13,15-16H,4-5,14H2,1-3H3,(H,25,26)(H,27,29). The van der Waals surface area contributed by atoms with Crippen molar-refractivity contribution in [3.63, 3.8) is 0 Å². The van der Waals surface area contributed by atoms with Crippen molar-refractivity contribution >= 4 is 23.1 Å². The van der Waals surface area contributed by atoms with E-state index in [2.05, 4.69) is 58.4 Å². The van der Waals surface area contributed by atoms with Gasteiger partial charge < -0.3 is 15.5 Å². The van der Waals surface area contributed by atoms with Crippen molar-refractivity contribution in [3.8, 4) is 0 Å². The normalized spacial score (nSPS) is 10.4. The molecule has 3 rings (SSSR count). The zero-order chi connectivity index (χ0) is 20.6. The first-order valence-corrected chi connectivity index (χ1v) is 9.87. The van der Waals surface area contributed by atoms with E-state index in [1.165, 1.54) is 17.3 Å². The van der Waals surface area contributed by atoms with Gasteiger partial charge in [0.1, 0.15) is 11.5 Å². The van der Waals surface area contributed by atoms with E-state index >= 15 is 0 Å². The van der Waals surface area contributed by atoms with Gasteiger partial charge in [-0.25, -0.2) is 9.97 Å². The number of aryl methyl sites for hydroxylation is 1. The molecule has 150 valence electrons. The summed E-state index contributed by atoms with van der Waals surface area (Å²) in [5, 5.41) is 6.10. The number of nitrogens with zero attached hydrogens (tertiary/aromatic N) is 3. The zero-order valence-corrected chi connectivity index (χ0v) is 17.1. The van der Waals surface area contributed by atoms with E-state index < -0.39 is 0 Å². The summed E-state index contributed by atoms with van der Waals surface area (Å²) in [4.78, 5) is 23.2. The van der Waals surface area contributed by atoms with Crippen LogP contribution in [0.15, 0.2) is 60.9 Å². The van der Waals surface area contributed by atoms with Gasteiger partial charge in [-0.2, -0.15) is 0 Å². The molecule has 0 aliphatic rings. The Hall–Kier alpha value is -3.41. The van der Waals surface area contributed by atoms with Gasteiger partial charge in [-0.05, 0) is 56.2 Å². The summed E-state index contributed by atoms with van der Waals surface area (Å²) in [6.45, 7) is 8.87. The lowest BCUT2D eigenvalue weighted by Gasteiger charge is -2.21. The third kappa shape index (κ3) is 5.31. The lowest BCUT2D eigenvalue weighted by atomic mass is 10.1. The third-order valence-electron chi connectivity index (χ3n) is 4.86. The van der Waals surface area contributed by atoms with E-state index in [0.717, 1.165) is 24.5 Å². The summed E-state index contributed by atoms with van der Waals surface area (Å²) in [5.74, 6) is 0.354. The Labute approximate surface area is 172 Å². The Bertz CT molecular complexity index is 934. The molecular weight excluding hydrogens is 362 g/mol. The van der Waals surface area contributed by atoms with E-state index in [1.54, 1.807) is 6.20 Å². The number of nitrogens with one attached hydrogen (secondary N) is 2. The minimum Gasteiger partial charge on any atom is -0.372 e. The molecule has 0 bridgehead atoms. The summed E-state index contributed by atoms with van der Waals surface area (Å²) in [7, 11) is 0. The van der Waals surface area contributed by atoms with Gasteiger partial charge in [0.15, 0.2) is 0 Å². The molecule has 3 aromatic rings. The molecule has 0 radical (unpaired) electrons. The fourth-order valence-corrected chi connectivity index (χ4v) is 3.07. The molecular formula is C23H27N5O. The maximum Gasteiger partial charge on any atom is 0.275 e. The van der Waals surface area contributed by atoms with Gasteiger partial charge in [0.2, 0.25) is 0 Å². The van der Waals surface area contributed by atoms with Gasteiger partial charge in [0, 0.05) is 31.0 Å². The van der Waals surface area contributed by atoms with Crippen molar-refractivity contribution in [3.05, 3.63) is 77.7 Å². The second-order valence-corrected chi connectivity index (χ2v) is 6.74. The maximum atomic E-state index is 12.4. The molecule has 0 spiro atoms. The molecule has 2 N–H and O–H groups in total. The van der Waals surface area contributed by atoms with Gasteiger partial charge in [-0.1, -0.05) is 24.3 Å². The molecule has 0 atom stereocenters. The number of hydrogen-bond donors (Lipinski definition) is 2. The first kappa shape index (κ1) is 20.3. The molecule has 0 saturated heterocycles. The first-order chi connectivity index (χ1) is 14.1. The van der Waals surface area contributed by atoms with Crippen molar-refractivity contribution < 1.29 is 4.79 Å². The van der Waals surface area contributed by atoms with Crippen molar-refractivity contribution in [1.29, 1.82) is 0 Å². The molecule has 1 aromatic heterocycles. The smallest absolute Gasteiger partial charge is 0.275 e. The number of carbonyl (C=O) groups is 1. The minimum absolute atomic E-state index is 0.277. The van der Waals surface area contributed by atoms with E-state index in [-0.39, 0.29) is 11.6 Å². The second-order valence-electron chi connectivity index (χ2n) is 6.74. The Morgan fingerprint density at radius 3 is 2.31 bits per heavy atom. The summed E-state index contributed by atoms with van der Waals surface area (Å²) >= 11 is 0. The minimum atomic E-state index is -0.279. The maximum absolute atomic E-state index is 12.4. The summed E-state index contributed by atoms with van der Waals surface area (Å²) in [5.41, 5.74) is 4.56. The van der Waals surface area contributed by atoms with Gasteiger partial charge >= 0.3 is 0 Å². The molecule has 0 unspecified atom stereocenters. The quantitative estimate of drug-likeness (QED) is 0.594. The van der Waals surface area contributed by atoms with Gasteiger partial charge in [0.05, 0.1) is 12.4 Å². The highest BCUT2D eigenvalue weighted by Crippen LogP contribution is 2.18. The van der Waals surface area contributed by atoms with Crippen molar-refractivity contribution in [2.75, 3.05) is 28.6 Å². The molecule has 0 aliphatic heterocycles.